The van der Waals surface area contributed by atoms with Gasteiger partial charge in [0.25, 0.3) is 0 Å². The van der Waals surface area contributed by atoms with Gasteiger partial charge in [0, 0.05) is 24.7 Å². The molecule has 0 aliphatic heterocycles. The van der Waals surface area contributed by atoms with Crippen LogP contribution >= 0.6 is 0 Å². The molecular formula is C13H23N3O. The van der Waals surface area contributed by atoms with Gasteiger partial charge < -0.3 is 10.8 Å². The molecule has 0 saturated heterocycles. The maximum atomic E-state index is 10.7. The third kappa shape index (κ3) is 2.24. The molecule has 4 nitrogen and oxygen atoms in total. The standard InChI is InChI=1S/C13H23N3O/c1-2-16-11(6-9-15-16)12(17)13(10-14)7-4-3-5-8-13/h6,9,12,17H,2-5,7-8,10,14H2,1H3. The fourth-order valence-electron chi connectivity index (χ4n) is 3.00. The molecule has 0 bridgehead atoms. The smallest absolute Gasteiger partial charge is 0.102 e. The molecule has 1 aromatic rings. The van der Waals surface area contributed by atoms with Crippen LogP contribution in [0.5, 0.6) is 0 Å². The van der Waals surface area contributed by atoms with Crippen LogP contribution < -0.4 is 5.73 Å². The van der Waals surface area contributed by atoms with E-state index < -0.39 is 6.10 Å². The first-order valence-electron chi connectivity index (χ1n) is 6.63. The van der Waals surface area contributed by atoms with Crippen molar-refractivity contribution >= 4 is 0 Å². The minimum absolute atomic E-state index is 0.134. The second-order valence-electron chi connectivity index (χ2n) is 5.10. The Hall–Kier alpha value is -0.870. The van der Waals surface area contributed by atoms with E-state index in [2.05, 4.69) is 5.10 Å². The van der Waals surface area contributed by atoms with Gasteiger partial charge in [-0.15, -0.1) is 0 Å². The maximum absolute atomic E-state index is 10.7. The van der Waals surface area contributed by atoms with Crippen LogP contribution in [0, 0.1) is 5.41 Å². The summed E-state index contributed by atoms with van der Waals surface area (Å²) >= 11 is 0. The van der Waals surface area contributed by atoms with E-state index in [1.54, 1.807) is 6.20 Å². The van der Waals surface area contributed by atoms with Crippen LogP contribution in [-0.2, 0) is 6.54 Å². The number of hydrogen-bond donors (Lipinski definition) is 2. The lowest BCUT2D eigenvalue weighted by Crippen LogP contribution is -2.39. The molecule has 0 radical (unpaired) electrons. The Morgan fingerprint density at radius 3 is 2.76 bits per heavy atom. The molecular weight excluding hydrogens is 214 g/mol. The Morgan fingerprint density at radius 1 is 1.47 bits per heavy atom. The monoisotopic (exact) mass is 237 g/mol. The van der Waals surface area contributed by atoms with Crippen LogP contribution in [0.25, 0.3) is 0 Å². The maximum Gasteiger partial charge on any atom is 0.102 e. The molecule has 2 rings (SSSR count). The summed E-state index contributed by atoms with van der Waals surface area (Å²) in [6, 6.07) is 1.92. The van der Waals surface area contributed by atoms with Crippen molar-refractivity contribution in [3.8, 4) is 0 Å². The predicted octanol–water partition coefficient (Wildman–Crippen LogP) is 1.85. The van der Waals surface area contributed by atoms with Gasteiger partial charge in [-0.05, 0) is 25.8 Å². The van der Waals surface area contributed by atoms with Crippen LogP contribution in [-0.4, -0.2) is 21.4 Å². The molecule has 1 atom stereocenters. The number of hydrogen-bond acceptors (Lipinski definition) is 3. The highest BCUT2D eigenvalue weighted by Gasteiger charge is 2.39. The van der Waals surface area contributed by atoms with Gasteiger partial charge in [0.15, 0.2) is 0 Å². The van der Waals surface area contributed by atoms with Gasteiger partial charge in [-0.3, -0.25) is 4.68 Å². The average Bonchev–Trinajstić information content (AvgIpc) is 2.86. The highest BCUT2D eigenvalue weighted by molar-refractivity contribution is 5.10. The lowest BCUT2D eigenvalue weighted by atomic mass is 9.69. The lowest BCUT2D eigenvalue weighted by molar-refractivity contribution is -0.00501. The molecule has 1 heterocycles. The van der Waals surface area contributed by atoms with Gasteiger partial charge in [-0.25, -0.2) is 0 Å². The average molecular weight is 237 g/mol. The summed E-state index contributed by atoms with van der Waals surface area (Å²) in [4.78, 5) is 0. The quantitative estimate of drug-likeness (QED) is 0.840. The predicted molar refractivity (Wildman–Crippen MR) is 67.4 cm³/mol. The van der Waals surface area contributed by atoms with Crippen molar-refractivity contribution in [2.24, 2.45) is 11.1 Å². The number of nitrogens with two attached hydrogens (primary N) is 1. The highest BCUT2D eigenvalue weighted by atomic mass is 16.3. The molecule has 1 aromatic heterocycles. The van der Waals surface area contributed by atoms with Crippen molar-refractivity contribution in [1.82, 2.24) is 9.78 Å². The summed E-state index contributed by atoms with van der Waals surface area (Å²) in [6.45, 7) is 3.39. The molecule has 4 heteroatoms. The van der Waals surface area contributed by atoms with Gasteiger partial charge >= 0.3 is 0 Å². The number of nitrogens with zero attached hydrogens (tertiary/aromatic N) is 2. The van der Waals surface area contributed by atoms with Crippen molar-refractivity contribution in [1.29, 1.82) is 0 Å². The summed E-state index contributed by atoms with van der Waals surface area (Å²) in [5.41, 5.74) is 6.73. The van der Waals surface area contributed by atoms with Gasteiger partial charge in [0.2, 0.25) is 0 Å². The van der Waals surface area contributed by atoms with E-state index in [1.165, 1.54) is 19.3 Å². The van der Waals surface area contributed by atoms with E-state index in [4.69, 9.17) is 5.73 Å². The summed E-state index contributed by atoms with van der Waals surface area (Å²) in [6.07, 6.45) is 6.95. The SMILES string of the molecule is CCn1nccc1C(O)C1(CN)CCCCC1. The van der Waals surface area contributed by atoms with E-state index in [0.717, 1.165) is 25.1 Å². The van der Waals surface area contributed by atoms with E-state index >= 15 is 0 Å². The first-order chi connectivity index (χ1) is 8.23. The van der Waals surface area contributed by atoms with Crippen LogP contribution in [0.2, 0.25) is 0 Å². The molecule has 96 valence electrons. The lowest BCUT2D eigenvalue weighted by Gasteiger charge is -2.40. The zero-order chi connectivity index (χ0) is 12.3. The van der Waals surface area contributed by atoms with Crippen molar-refractivity contribution in [3.63, 3.8) is 0 Å². The van der Waals surface area contributed by atoms with E-state index in [1.807, 2.05) is 17.7 Å². The third-order valence-electron chi connectivity index (χ3n) is 4.16. The molecule has 1 fully saturated rings. The van der Waals surface area contributed by atoms with Crippen molar-refractivity contribution in [2.75, 3.05) is 6.54 Å². The molecule has 0 spiro atoms. The molecule has 1 aliphatic rings. The zero-order valence-electron chi connectivity index (χ0n) is 10.6. The Kier molecular flexibility index (Phi) is 3.84. The molecule has 17 heavy (non-hydrogen) atoms. The fourth-order valence-corrected chi connectivity index (χ4v) is 3.00. The van der Waals surface area contributed by atoms with E-state index in [-0.39, 0.29) is 5.41 Å². The van der Waals surface area contributed by atoms with Crippen molar-refractivity contribution in [2.45, 2.75) is 51.7 Å². The minimum Gasteiger partial charge on any atom is -0.386 e. The Balaban J connectivity index is 2.24. The normalized spacial score (nSPS) is 21.4. The van der Waals surface area contributed by atoms with Gasteiger partial charge in [-0.1, -0.05) is 19.3 Å². The molecule has 1 saturated carbocycles. The van der Waals surface area contributed by atoms with Gasteiger partial charge in [-0.2, -0.15) is 5.10 Å². The Labute approximate surface area is 103 Å². The molecule has 1 aliphatic carbocycles. The third-order valence-corrected chi connectivity index (χ3v) is 4.16. The van der Waals surface area contributed by atoms with Gasteiger partial charge in [0.05, 0.1) is 5.69 Å². The van der Waals surface area contributed by atoms with Gasteiger partial charge in [0.1, 0.15) is 6.10 Å². The van der Waals surface area contributed by atoms with Crippen LogP contribution in [0.4, 0.5) is 0 Å². The number of rotatable bonds is 4. The van der Waals surface area contributed by atoms with Crippen LogP contribution in [0.15, 0.2) is 12.3 Å². The number of aliphatic hydroxyl groups is 1. The Morgan fingerprint density at radius 2 is 2.18 bits per heavy atom. The molecule has 3 N–H and O–H groups in total. The largest absolute Gasteiger partial charge is 0.386 e. The second-order valence-corrected chi connectivity index (χ2v) is 5.10. The highest BCUT2D eigenvalue weighted by Crippen LogP contribution is 2.45. The van der Waals surface area contributed by atoms with Crippen molar-refractivity contribution < 1.29 is 5.11 Å². The number of aliphatic hydroxyl groups excluding tert-OH is 1. The van der Waals surface area contributed by atoms with E-state index in [0.29, 0.717) is 6.54 Å². The van der Waals surface area contributed by atoms with Crippen LogP contribution in [0.3, 0.4) is 0 Å². The first-order valence-corrected chi connectivity index (χ1v) is 6.63. The molecule has 0 aromatic carbocycles. The zero-order valence-corrected chi connectivity index (χ0v) is 10.6. The first kappa shape index (κ1) is 12.6. The molecule has 0 amide bonds. The Bertz CT molecular complexity index is 355. The van der Waals surface area contributed by atoms with Crippen molar-refractivity contribution in [3.05, 3.63) is 18.0 Å². The second kappa shape index (κ2) is 5.19. The summed E-state index contributed by atoms with van der Waals surface area (Å²) < 4.78 is 1.87. The minimum atomic E-state index is -0.477. The number of aromatic nitrogens is 2. The summed E-state index contributed by atoms with van der Waals surface area (Å²) in [5.74, 6) is 0. The molecule has 1 unspecified atom stereocenters. The summed E-state index contributed by atoms with van der Waals surface area (Å²) in [7, 11) is 0. The van der Waals surface area contributed by atoms with E-state index in [9.17, 15) is 5.11 Å². The number of aryl methyl sites for hydroxylation is 1. The fraction of sp³-hybridized carbons (Fsp3) is 0.769. The topological polar surface area (TPSA) is 64.1 Å². The summed E-state index contributed by atoms with van der Waals surface area (Å²) in [5, 5.41) is 14.9. The van der Waals surface area contributed by atoms with Crippen LogP contribution in [0.1, 0.15) is 50.8 Å².